The maximum Gasteiger partial charge on any atom is 0.220 e. The zero-order valence-corrected chi connectivity index (χ0v) is 12.2. The van der Waals surface area contributed by atoms with Crippen LogP contribution >= 0.6 is 11.8 Å². The number of hydrogen-bond acceptors (Lipinski definition) is 3. The van der Waals surface area contributed by atoms with Crippen LogP contribution in [0, 0.1) is 5.92 Å². The molecule has 0 aliphatic heterocycles. The molecule has 0 bridgehead atoms. The van der Waals surface area contributed by atoms with E-state index in [1.165, 1.54) is 10.5 Å². The molecule has 4 heteroatoms. The first kappa shape index (κ1) is 14.4. The lowest BCUT2D eigenvalue weighted by Crippen LogP contribution is -2.36. The van der Waals surface area contributed by atoms with E-state index in [1.54, 1.807) is 11.8 Å². The van der Waals surface area contributed by atoms with Crippen molar-refractivity contribution >= 4 is 17.7 Å². The van der Waals surface area contributed by atoms with Crippen LogP contribution in [-0.4, -0.2) is 18.2 Å². The summed E-state index contributed by atoms with van der Waals surface area (Å²) >= 11 is 1.76. The van der Waals surface area contributed by atoms with Crippen LogP contribution < -0.4 is 11.1 Å². The zero-order valence-electron chi connectivity index (χ0n) is 11.4. The molecule has 2 rings (SSSR count). The molecule has 0 atom stereocenters. The van der Waals surface area contributed by atoms with E-state index < -0.39 is 0 Å². The summed E-state index contributed by atoms with van der Waals surface area (Å²) in [6.07, 6.45) is 6.05. The number of carbonyl (C=O) groups is 1. The van der Waals surface area contributed by atoms with Gasteiger partial charge in [0.1, 0.15) is 0 Å². The molecule has 1 saturated carbocycles. The standard InChI is InChI=1S/C15H22N2OS/c1-19-14-8-2-11(3-9-14)10-17-13-6-4-12(5-7-13)15(16)18/h2-3,8-9,12-13,17H,4-7,10H2,1H3,(H2,16,18). The molecule has 1 amide bonds. The highest BCUT2D eigenvalue weighted by molar-refractivity contribution is 7.98. The number of benzene rings is 1. The maximum atomic E-state index is 11.1. The first-order valence-corrected chi connectivity index (χ1v) is 8.07. The first-order valence-electron chi connectivity index (χ1n) is 6.84. The van der Waals surface area contributed by atoms with Gasteiger partial charge in [-0.3, -0.25) is 4.79 Å². The van der Waals surface area contributed by atoms with Crippen LogP contribution in [0.4, 0.5) is 0 Å². The minimum absolute atomic E-state index is 0.0962. The molecule has 0 spiro atoms. The van der Waals surface area contributed by atoms with Gasteiger partial charge in [-0.15, -0.1) is 11.8 Å². The molecule has 1 aromatic carbocycles. The number of nitrogens with two attached hydrogens (primary N) is 1. The summed E-state index contributed by atoms with van der Waals surface area (Å²) < 4.78 is 0. The van der Waals surface area contributed by atoms with Crippen molar-refractivity contribution in [3.8, 4) is 0 Å². The summed E-state index contributed by atoms with van der Waals surface area (Å²) in [5.74, 6) is -0.0370. The van der Waals surface area contributed by atoms with Gasteiger partial charge >= 0.3 is 0 Å². The maximum absolute atomic E-state index is 11.1. The molecule has 3 nitrogen and oxygen atoms in total. The molecular weight excluding hydrogens is 256 g/mol. The number of hydrogen-bond donors (Lipinski definition) is 2. The Morgan fingerprint density at radius 2 is 1.89 bits per heavy atom. The van der Waals surface area contributed by atoms with Crippen LogP contribution in [0.2, 0.25) is 0 Å². The molecule has 0 radical (unpaired) electrons. The molecule has 1 fully saturated rings. The Bertz CT molecular complexity index is 411. The quantitative estimate of drug-likeness (QED) is 0.814. The summed E-state index contributed by atoms with van der Waals surface area (Å²) in [6.45, 7) is 0.903. The van der Waals surface area contributed by atoms with Crippen molar-refractivity contribution in [1.29, 1.82) is 0 Å². The largest absolute Gasteiger partial charge is 0.369 e. The van der Waals surface area contributed by atoms with Crippen molar-refractivity contribution in [2.75, 3.05) is 6.26 Å². The van der Waals surface area contributed by atoms with Gasteiger partial charge < -0.3 is 11.1 Å². The summed E-state index contributed by atoms with van der Waals surface area (Å²) in [7, 11) is 0. The molecule has 0 saturated heterocycles. The SMILES string of the molecule is CSc1ccc(CNC2CCC(C(N)=O)CC2)cc1. The van der Waals surface area contributed by atoms with Crippen molar-refractivity contribution in [2.24, 2.45) is 11.7 Å². The lowest BCUT2D eigenvalue weighted by molar-refractivity contribution is -0.122. The molecule has 0 heterocycles. The van der Waals surface area contributed by atoms with Crippen LogP contribution in [0.5, 0.6) is 0 Å². The number of primary amides is 1. The lowest BCUT2D eigenvalue weighted by atomic mass is 9.85. The van der Waals surface area contributed by atoms with E-state index in [-0.39, 0.29) is 11.8 Å². The third-order valence-electron chi connectivity index (χ3n) is 3.88. The van der Waals surface area contributed by atoms with E-state index in [0.29, 0.717) is 6.04 Å². The van der Waals surface area contributed by atoms with Crippen molar-refractivity contribution in [2.45, 2.75) is 43.2 Å². The van der Waals surface area contributed by atoms with Gasteiger partial charge in [0.15, 0.2) is 0 Å². The fourth-order valence-electron chi connectivity index (χ4n) is 2.59. The zero-order chi connectivity index (χ0) is 13.7. The van der Waals surface area contributed by atoms with E-state index in [0.717, 1.165) is 32.2 Å². The Labute approximate surface area is 119 Å². The average Bonchev–Trinajstić information content (AvgIpc) is 2.46. The number of nitrogens with one attached hydrogen (secondary N) is 1. The number of carbonyl (C=O) groups excluding carboxylic acids is 1. The molecule has 1 aliphatic carbocycles. The van der Waals surface area contributed by atoms with Crippen molar-refractivity contribution in [3.63, 3.8) is 0 Å². The highest BCUT2D eigenvalue weighted by Gasteiger charge is 2.24. The third kappa shape index (κ3) is 4.25. The van der Waals surface area contributed by atoms with E-state index in [1.807, 2.05) is 0 Å². The minimum Gasteiger partial charge on any atom is -0.369 e. The van der Waals surface area contributed by atoms with Crippen LogP contribution in [0.25, 0.3) is 0 Å². The van der Waals surface area contributed by atoms with Gasteiger partial charge in [-0.1, -0.05) is 12.1 Å². The summed E-state index contributed by atoms with van der Waals surface area (Å²) in [5.41, 5.74) is 6.66. The smallest absolute Gasteiger partial charge is 0.220 e. The Balaban J connectivity index is 1.75. The second kappa shape index (κ2) is 6.96. The predicted molar refractivity (Wildman–Crippen MR) is 80.0 cm³/mol. The van der Waals surface area contributed by atoms with E-state index in [9.17, 15) is 4.79 Å². The van der Waals surface area contributed by atoms with Crippen molar-refractivity contribution < 1.29 is 4.79 Å². The highest BCUT2D eigenvalue weighted by atomic mass is 32.2. The average molecular weight is 278 g/mol. The lowest BCUT2D eigenvalue weighted by Gasteiger charge is -2.27. The first-order chi connectivity index (χ1) is 9.19. The fourth-order valence-corrected chi connectivity index (χ4v) is 3.00. The molecule has 104 valence electrons. The van der Waals surface area contributed by atoms with Crippen LogP contribution in [0.15, 0.2) is 29.2 Å². The Morgan fingerprint density at radius 1 is 1.26 bits per heavy atom. The summed E-state index contributed by atoms with van der Waals surface area (Å²) in [6, 6.07) is 9.19. The van der Waals surface area contributed by atoms with Gasteiger partial charge in [0.25, 0.3) is 0 Å². The number of thioether (sulfide) groups is 1. The summed E-state index contributed by atoms with van der Waals surface area (Å²) in [4.78, 5) is 12.4. The van der Waals surface area contributed by atoms with Crippen LogP contribution in [-0.2, 0) is 11.3 Å². The predicted octanol–water partition coefficient (Wildman–Crippen LogP) is 2.54. The van der Waals surface area contributed by atoms with Crippen LogP contribution in [0.3, 0.4) is 0 Å². The number of amides is 1. The van der Waals surface area contributed by atoms with E-state index in [2.05, 4.69) is 35.8 Å². The molecule has 19 heavy (non-hydrogen) atoms. The fraction of sp³-hybridized carbons (Fsp3) is 0.533. The molecule has 0 unspecified atom stereocenters. The highest BCUT2D eigenvalue weighted by Crippen LogP contribution is 2.24. The summed E-state index contributed by atoms with van der Waals surface area (Å²) in [5, 5.41) is 3.58. The van der Waals surface area contributed by atoms with Gasteiger partial charge in [-0.25, -0.2) is 0 Å². The molecular formula is C15H22N2OS. The molecule has 0 aromatic heterocycles. The normalized spacial score (nSPS) is 23.2. The van der Waals surface area contributed by atoms with Gasteiger partial charge in [0.2, 0.25) is 5.91 Å². The van der Waals surface area contributed by atoms with Gasteiger partial charge in [-0.2, -0.15) is 0 Å². The topological polar surface area (TPSA) is 55.1 Å². The Kier molecular flexibility index (Phi) is 5.28. The Hall–Kier alpha value is -1.00. The van der Waals surface area contributed by atoms with E-state index in [4.69, 9.17) is 5.73 Å². The molecule has 1 aliphatic rings. The van der Waals surface area contributed by atoms with Crippen LogP contribution in [0.1, 0.15) is 31.2 Å². The van der Waals surface area contributed by atoms with Gasteiger partial charge in [0, 0.05) is 23.4 Å². The number of rotatable bonds is 5. The van der Waals surface area contributed by atoms with Crippen molar-refractivity contribution in [3.05, 3.63) is 29.8 Å². The van der Waals surface area contributed by atoms with Crippen molar-refractivity contribution in [1.82, 2.24) is 5.32 Å². The second-order valence-electron chi connectivity index (χ2n) is 5.18. The second-order valence-corrected chi connectivity index (χ2v) is 6.06. The minimum atomic E-state index is -0.133. The monoisotopic (exact) mass is 278 g/mol. The van der Waals surface area contributed by atoms with Gasteiger partial charge in [0.05, 0.1) is 0 Å². The van der Waals surface area contributed by atoms with E-state index >= 15 is 0 Å². The molecule has 1 aromatic rings. The Morgan fingerprint density at radius 3 is 2.42 bits per heavy atom. The molecule has 3 N–H and O–H groups in total. The van der Waals surface area contributed by atoms with Gasteiger partial charge in [-0.05, 0) is 49.6 Å². The third-order valence-corrected chi connectivity index (χ3v) is 4.63.